The maximum Gasteiger partial charge on any atom is 0.236 e. The van der Waals surface area contributed by atoms with Gasteiger partial charge in [0.25, 0.3) is 0 Å². The highest BCUT2D eigenvalue weighted by molar-refractivity contribution is 5.80. The number of nitrogens with zero attached hydrogens (tertiary/aromatic N) is 4. The van der Waals surface area contributed by atoms with Crippen molar-refractivity contribution in [1.82, 2.24) is 20.0 Å². The van der Waals surface area contributed by atoms with Crippen molar-refractivity contribution in [2.75, 3.05) is 65.5 Å². The summed E-state index contributed by atoms with van der Waals surface area (Å²) in [5, 5.41) is 12.7. The van der Waals surface area contributed by atoms with Crippen LogP contribution in [0.25, 0.3) is 0 Å². The lowest BCUT2D eigenvalue weighted by atomic mass is 9.92. The molecule has 174 valence electrons. The number of hydrogen-bond donors (Lipinski definition) is 2. The number of aliphatic imine (C=N–C) groups is 1. The molecule has 2 saturated heterocycles. The zero-order valence-corrected chi connectivity index (χ0v) is 19.8. The van der Waals surface area contributed by atoms with E-state index in [0.29, 0.717) is 24.3 Å². The molecule has 0 aromatic heterocycles. The van der Waals surface area contributed by atoms with Crippen molar-refractivity contribution in [3.8, 4) is 0 Å². The van der Waals surface area contributed by atoms with E-state index in [4.69, 9.17) is 4.99 Å². The summed E-state index contributed by atoms with van der Waals surface area (Å²) in [5.74, 6) is 2.92. The van der Waals surface area contributed by atoms with Gasteiger partial charge in [-0.15, -0.1) is 0 Å². The van der Waals surface area contributed by atoms with Crippen molar-refractivity contribution in [1.29, 1.82) is 0 Å². The molecule has 7 heteroatoms. The molecule has 2 aliphatic heterocycles. The number of piperazine rings is 1. The highest BCUT2D eigenvalue weighted by atomic mass is 16.3. The first-order valence-corrected chi connectivity index (χ1v) is 12.1. The van der Waals surface area contributed by atoms with Crippen LogP contribution in [0.1, 0.15) is 53.4 Å². The van der Waals surface area contributed by atoms with Crippen LogP contribution in [0.4, 0.5) is 0 Å². The van der Waals surface area contributed by atoms with Crippen LogP contribution >= 0.6 is 0 Å². The van der Waals surface area contributed by atoms with Crippen molar-refractivity contribution in [2.45, 2.75) is 53.4 Å². The molecule has 0 saturated carbocycles. The number of rotatable bonds is 9. The number of carbonyl (C=O) groups excluding carboxylic acids is 1. The minimum Gasteiger partial charge on any atom is -0.396 e. The maximum atomic E-state index is 12.8. The summed E-state index contributed by atoms with van der Waals surface area (Å²) < 4.78 is 0. The van der Waals surface area contributed by atoms with Crippen LogP contribution in [0.15, 0.2) is 4.99 Å². The van der Waals surface area contributed by atoms with E-state index in [1.54, 1.807) is 0 Å². The number of guanidine groups is 1. The SMILES string of the molecule is CCCC(CCO)CN=C(NCC)N1CCN(CC(=O)N2CC(C)CC(C)C2)CC1. The van der Waals surface area contributed by atoms with Gasteiger partial charge in [-0.05, 0) is 43.9 Å². The first kappa shape index (κ1) is 24.9. The number of hydrogen-bond acceptors (Lipinski definition) is 4. The number of nitrogens with one attached hydrogen (secondary N) is 1. The fourth-order valence-electron chi connectivity index (χ4n) is 4.83. The summed E-state index contributed by atoms with van der Waals surface area (Å²) in [4.78, 5) is 24.3. The molecule has 0 radical (unpaired) electrons. The van der Waals surface area contributed by atoms with Crippen LogP contribution in [0.3, 0.4) is 0 Å². The van der Waals surface area contributed by atoms with Crippen LogP contribution in [0.5, 0.6) is 0 Å². The summed E-state index contributed by atoms with van der Waals surface area (Å²) >= 11 is 0. The van der Waals surface area contributed by atoms with Crippen LogP contribution < -0.4 is 5.32 Å². The van der Waals surface area contributed by atoms with Gasteiger partial charge in [-0.1, -0.05) is 27.2 Å². The third-order valence-electron chi connectivity index (χ3n) is 6.32. The molecular weight excluding hydrogens is 378 g/mol. The second-order valence-corrected chi connectivity index (χ2v) is 9.37. The average molecular weight is 424 g/mol. The normalized spacial score (nSPS) is 24.8. The molecule has 1 amide bonds. The predicted octanol–water partition coefficient (Wildman–Crippen LogP) is 1.87. The first-order chi connectivity index (χ1) is 14.5. The molecule has 2 aliphatic rings. The van der Waals surface area contributed by atoms with Gasteiger partial charge in [0.2, 0.25) is 5.91 Å². The number of aliphatic hydroxyl groups excluding tert-OH is 1. The van der Waals surface area contributed by atoms with Crippen molar-refractivity contribution in [3.63, 3.8) is 0 Å². The summed E-state index contributed by atoms with van der Waals surface area (Å²) in [5.41, 5.74) is 0. The Kier molecular flexibility index (Phi) is 10.9. The molecule has 7 nitrogen and oxygen atoms in total. The van der Waals surface area contributed by atoms with Gasteiger partial charge in [-0.2, -0.15) is 0 Å². The lowest BCUT2D eigenvalue weighted by Gasteiger charge is -2.39. The number of amides is 1. The van der Waals surface area contributed by atoms with E-state index in [1.165, 1.54) is 6.42 Å². The third-order valence-corrected chi connectivity index (χ3v) is 6.32. The van der Waals surface area contributed by atoms with Gasteiger partial charge < -0.3 is 20.2 Å². The van der Waals surface area contributed by atoms with Crippen LogP contribution in [0.2, 0.25) is 0 Å². The third kappa shape index (κ3) is 8.06. The van der Waals surface area contributed by atoms with Crippen molar-refractivity contribution < 1.29 is 9.90 Å². The van der Waals surface area contributed by atoms with Crippen molar-refractivity contribution in [3.05, 3.63) is 0 Å². The van der Waals surface area contributed by atoms with E-state index in [-0.39, 0.29) is 12.5 Å². The highest BCUT2D eigenvalue weighted by Crippen LogP contribution is 2.21. The summed E-state index contributed by atoms with van der Waals surface area (Å²) in [6.45, 7) is 16.6. The van der Waals surface area contributed by atoms with Crippen molar-refractivity contribution in [2.24, 2.45) is 22.7 Å². The number of piperidine rings is 1. The van der Waals surface area contributed by atoms with Gasteiger partial charge in [0, 0.05) is 59.0 Å². The molecule has 2 N–H and O–H groups in total. The summed E-state index contributed by atoms with van der Waals surface area (Å²) in [6.07, 6.45) is 4.28. The maximum absolute atomic E-state index is 12.8. The predicted molar refractivity (Wildman–Crippen MR) is 124 cm³/mol. The molecule has 3 unspecified atom stereocenters. The zero-order valence-electron chi connectivity index (χ0n) is 19.8. The molecule has 0 aromatic carbocycles. The molecule has 0 spiro atoms. The van der Waals surface area contributed by atoms with Crippen LogP contribution in [0, 0.1) is 17.8 Å². The minimum atomic E-state index is 0.234. The second-order valence-electron chi connectivity index (χ2n) is 9.37. The zero-order chi connectivity index (χ0) is 21.9. The van der Waals surface area contributed by atoms with E-state index in [1.807, 2.05) is 0 Å². The second kappa shape index (κ2) is 13.2. The van der Waals surface area contributed by atoms with E-state index >= 15 is 0 Å². The lowest BCUT2D eigenvalue weighted by molar-refractivity contribution is -0.135. The standard InChI is InChI=1S/C23H45N5O2/c1-5-7-21(8-13-29)15-25-23(24-6-2)27-11-9-26(10-12-27)18-22(30)28-16-19(3)14-20(4)17-28/h19-21,29H,5-18H2,1-4H3,(H,24,25). The summed E-state index contributed by atoms with van der Waals surface area (Å²) in [7, 11) is 0. The number of aliphatic hydroxyl groups is 1. The topological polar surface area (TPSA) is 71.4 Å². The molecule has 0 bridgehead atoms. The van der Waals surface area contributed by atoms with Crippen molar-refractivity contribution >= 4 is 11.9 Å². The molecule has 3 atom stereocenters. The highest BCUT2D eigenvalue weighted by Gasteiger charge is 2.28. The largest absolute Gasteiger partial charge is 0.396 e. The Morgan fingerprint density at radius 1 is 1.07 bits per heavy atom. The molecule has 2 fully saturated rings. The first-order valence-electron chi connectivity index (χ1n) is 12.1. The fourth-order valence-corrected chi connectivity index (χ4v) is 4.83. The number of carbonyl (C=O) groups is 1. The molecule has 2 heterocycles. The van der Waals surface area contributed by atoms with E-state index in [9.17, 15) is 9.90 Å². The Labute approximate surface area is 183 Å². The monoisotopic (exact) mass is 423 g/mol. The van der Waals surface area contributed by atoms with Gasteiger partial charge in [0.05, 0.1) is 6.54 Å². The van der Waals surface area contributed by atoms with E-state index in [2.05, 4.69) is 47.7 Å². The van der Waals surface area contributed by atoms with Crippen LogP contribution in [-0.4, -0.2) is 97.2 Å². The van der Waals surface area contributed by atoms with Gasteiger partial charge >= 0.3 is 0 Å². The quantitative estimate of drug-likeness (QED) is 0.438. The van der Waals surface area contributed by atoms with Gasteiger partial charge in [-0.3, -0.25) is 14.7 Å². The Morgan fingerprint density at radius 3 is 2.30 bits per heavy atom. The molecule has 0 aliphatic carbocycles. The van der Waals surface area contributed by atoms with Gasteiger partial charge in [-0.25, -0.2) is 0 Å². The Bertz CT molecular complexity index is 518. The summed E-state index contributed by atoms with van der Waals surface area (Å²) in [6, 6.07) is 0. The lowest BCUT2D eigenvalue weighted by Crippen LogP contribution is -2.55. The minimum absolute atomic E-state index is 0.234. The van der Waals surface area contributed by atoms with Gasteiger partial charge in [0.15, 0.2) is 5.96 Å². The molecular formula is C23H45N5O2. The van der Waals surface area contributed by atoms with E-state index < -0.39 is 0 Å². The number of likely N-dealkylation sites (tertiary alicyclic amines) is 1. The molecule has 0 aromatic rings. The van der Waals surface area contributed by atoms with E-state index in [0.717, 1.165) is 77.6 Å². The fraction of sp³-hybridized carbons (Fsp3) is 0.913. The molecule has 2 rings (SSSR count). The smallest absolute Gasteiger partial charge is 0.236 e. The average Bonchev–Trinajstić information content (AvgIpc) is 2.71. The Balaban J connectivity index is 1.84. The molecule has 30 heavy (non-hydrogen) atoms. The Morgan fingerprint density at radius 2 is 1.73 bits per heavy atom. The Hall–Kier alpha value is -1.34. The van der Waals surface area contributed by atoms with Crippen LogP contribution in [-0.2, 0) is 4.79 Å². The van der Waals surface area contributed by atoms with Gasteiger partial charge in [0.1, 0.15) is 0 Å².